The first kappa shape index (κ1) is 20.5. The van der Waals surface area contributed by atoms with Gasteiger partial charge >= 0.3 is 0 Å². The first-order chi connectivity index (χ1) is 14.7. The maximum atomic E-state index is 10.3. The van der Waals surface area contributed by atoms with Gasteiger partial charge in [-0.1, -0.05) is 60.7 Å². The van der Waals surface area contributed by atoms with Gasteiger partial charge in [0.15, 0.2) is 0 Å². The van der Waals surface area contributed by atoms with E-state index in [1.54, 1.807) is 6.33 Å². The van der Waals surface area contributed by atoms with E-state index in [4.69, 9.17) is 0 Å². The molecule has 1 unspecified atom stereocenters. The highest BCUT2D eigenvalue weighted by molar-refractivity contribution is 5.68. The number of nitrogens with zero attached hydrogens (tertiary/aromatic N) is 3. The number of rotatable bonds is 7. The van der Waals surface area contributed by atoms with Crippen molar-refractivity contribution in [2.45, 2.75) is 39.0 Å². The van der Waals surface area contributed by atoms with Crippen LogP contribution in [0.3, 0.4) is 0 Å². The van der Waals surface area contributed by atoms with Crippen LogP contribution in [0.5, 0.6) is 0 Å². The van der Waals surface area contributed by atoms with Crippen LogP contribution in [0, 0.1) is 12.3 Å². The summed E-state index contributed by atoms with van der Waals surface area (Å²) in [6, 6.07) is 20.9. The standard InChI is InChI=1S/C26H31N3O/c1-21-24(23-13-6-3-7-14-23)27-20-28-25(21)29-17-9-16-26(18-29,19-30)15-8-12-22-10-4-2-5-11-22/h2-7,10-11,13-14,20,30H,8-9,12,15-19H2,1H3. The topological polar surface area (TPSA) is 49.2 Å². The Morgan fingerprint density at radius 3 is 2.47 bits per heavy atom. The third-order valence-corrected chi connectivity index (χ3v) is 6.42. The van der Waals surface area contributed by atoms with Crippen molar-refractivity contribution in [2.24, 2.45) is 5.41 Å². The third-order valence-electron chi connectivity index (χ3n) is 6.42. The summed E-state index contributed by atoms with van der Waals surface area (Å²) in [5, 5.41) is 10.3. The van der Waals surface area contributed by atoms with Crippen LogP contribution in [-0.2, 0) is 6.42 Å². The highest BCUT2D eigenvalue weighted by atomic mass is 16.3. The van der Waals surface area contributed by atoms with Crippen LogP contribution in [-0.4, -0.2) is 34.8 Å². The summed E-state index contributed by atoms with van der Waals surface area (Å²) in [6.45, 7) is 4.17. The fourth-order valence-corrected chi connectivity index (χ4v) is 4.76. The number of aromatic nitrogens is 2. The number of hydrogen-bond acceptors (Lipinski definition) is 4. The van der Waals surface area contributed by atoms with E-state index in [1.165, 1.54) is 5.56 Å². The molecule has 1 fully saturated rings. The SMILES string of the molecule is Cc1c(-c2ccccc2)ncnc1N1CCCC(CO)(CCCc2ccccc2)C1. The molecule has 4 rings (SSSR count). The molecule has 2 heterocycles. The zero-order valence-electron chi connectivity index (χ0n) is 17.8. The Hall–Kier alpha value is -2.72. The van der Waals surface area contributed by atoms with Crippen LogP contribution >= 0.6 is 0 Å². The highest BCUT2D eigenvalue weighted by Gasteiger charge is 2.35. The minimum Gasteiger partial charge on any atom is -0.396 e. The van der Waals surface area contributed by atoms with Gasteiger partial charge < -0.3 is 10.0 Å². The average Bonchev–Trinajstić information content (AvgIpc) is 2.81. The molecular formula is C26H31N3O. The zero-order valence-corrected chi connectivity index (χ0v) is 17.8. The molecule has 1 saturated heterocycles. The monoisotopic (exact) mass is 401 g/mol. The number of aryl methyl sites for hydroxylation is 1. The van der Waals surface area contributed by atoms with Gasteiger partial charge in [-0.25, -0.2) is 9.97 Å². The second-order valence-corrected chi connectivity index (χ2v) is 8.56. The fourth-order valence-electron chi connectivity index (χ4n) is 4.76. The number of anilines is 1. The minimum absolute atomic E-state index is 0.0582. The van der Waals surface area contributed by atoms with Crippen molar-refractivity contribution in [1.82, 2.24) is 9.97 Å². The molecule has 0 aliphatic carbocycles. The third kappa shape index (κ3) is 4.54. The van der Waals surface area contributed by atoms with E-state index in [0.29, 0.717) is 0 Å². The largest absolute Gasteiger partial charge is 0.396 e. The van der Waals surface area contributed by atoms with Gasteiger partial charge in [0.25, 0.3) is 0 Å². The molecule has 1 atom stereocenters. The molecule has 4 nitrogen and oxygen atoms in total. The lowest BCUT2D eigenvalue weighted by atomic mass is 9.76. The normalized spacial score (nSPS) is 19.1. The lowest BCUT2D eigenvalue weighted by Crippen LogP contribution is -2.46. The maximum absolute atomic E-state index is 10.3. The van der Waals surface area contributed by atoms with Crippen LogP contribution in [0.25, 0.3) is 11.3 Å². The smallest absolute Gasteiger partial charge is 0.135 e. The Kier molecular flexibility index (Phi) is 6.44. The van der Waals surface area contributed by atoms with E-state index in [0.717, 1.165) is 67.8 Å². The van der Waals surface area contributed by atoms with Crippen molar-refractivity contribution in [3.63, 3.8) is 0 Å². The van der Waals surface area contributed by atoms with E-state index in [9.17, 15) is 5.11 Å². The molecule has 0 bridgehead atoms. The summed E-state index contributed by atoms with van der Waals surface area (Å²) in [4.78, 5) is 11.6. The van der Waals surface area contributed by atoms with Gasteiger partial charge in [-0.15, -0.1) is 0 Å². The van der Waals surface area contributed by atoms with Gasteiger partial charge in [0.05, 0.1) is 12.3 Å². The Balaban J connectivity index is 1.50. The molecule has 2 aromatic carbocycles. The molecule has 0 saturated carbocycles. The van der Waals surface area contributed by atoms with Crippen LogP contribution < -0.4 is 4.90 Å². The Labute approximate surface area is 179 Å². The molecule has 1 aliphatic heterocycles. The number of hydrogen-bond donors (Lipinski definition) is 1. The highest BCUT2D eigenvalue weighted by Crippen LogP contribution is 2.38. The lowest BCUT2D eigenvalue weighted by molar-refractivity contribution is 0.0938. The van der Waals surface area contributed by atoms with E-state index >= 15 is 0 Å². The van der Waals surface area contributed by atoms with Crippen LogP contribution in [0.15, 0.2) is 67.0 Å². The zero-order chi connectivity index (χ0) is 20.8. The van der Waals surface area contributed by atoms with Gasteiger partial charge in [-0.2, -0.15) is 0 Å². The summed E-state index contributed by atoms with van der Waals surface area (Å²) in [5.74, 6) is 1.00. The van der Waals surface area contributed by atoms with Crippen LogP contribution in [0.1, 0.15) is 36.8 Å². The van der Waals surface area contributed by atoms with Crippen molar-refractivity contribution < 1.29 is 5.11 Å². The Morgan fingerprint density at radius 2 is 1.73 bits per heavy atom. The molecule has 1 aliphatic rings. The average molecular weight is 402 g/mol. The summed E-state index contributed by atoms with van der Waals surface area (Å²) >= 11 is 0. The second-order valence-electron chi connectivity index (χ2n) is 8.56. The molecule has 4 heteroatoms. The molecule has 1 aromatic heterocycles. The molecule has 0 amide bonds. The molecule has 3 aromatic rings. The van der Waals surface area contributed by atoms with Crippen LogP contribution in [0.2, 0.25) is 0 Å². The molecule has 0 radical (unpaired) electrons. The lowest BCUT2D eigenvalue weighted by Gasteiger charge is -2.43. The second kappa shape index (κ2) is 9.40. The van der Waals surface area contributed by atoms with E-state index < -0.39 is 0 Å². The summed E-state index contributed by atoms with van der Waals surface area (Å²) in [6.07, 6.45) is 7.02. The van der Waals surface area contributed by atoms with Crippen molar-refractivity contribution in [3.8, 4) is 11.3 Å². The van der Waals surface area contributed by atoms with Gasteiger partial charge in [0, 0.05) is 29.6 Å². The number of aliphatic hydroxyl groups is 1. The van der Waals surface area contributed by atoms with Crippen molar-refractivity contribution >= 4 is 5.82 Å². The van der Waals surface area contributed by atoms with Gasteiger partial charge in [-0.3, -0.25) is 0 Å². The maximum Gasteiger partial charge on any atom is 0.135 e. The Morgan fingerprint density at radius 1 is 1.00 bits per heavy atom. The van der Waals surface area contributed by atoms with Crippen LogP contribution in [0.4, 0.5) is 5.82 Å². The Bertz CT molecular complexity index is 945. The fraction of sp³-hybridized carbons (Fsp3) is 0.385. The van der Waals surface area contributed by atoms with Crippen molar-refractivity contribution in [3.05, 3.63) is 78.1 Å². The van der Waals surface area contributed by atoms with E-state index in [1.807, 2.05) is 18.2 Å². The quantitative estimate of drug-likeness (QED) is 0.602. The number of piperidine rings is 1. The van der Waals surface area contributed by atoms with Gasteiger partial charge in [0.2, 0.25) is 0 Å². The first-order valence-corrected chi connectivity index (χ1v) is 11.0. The summed E-state index contributed by atoms with van der Waals surface area (Å²) in [7, 11) is 0. The summed E-state index contributed by atoms with van der Waals surface area (Å²) in [5.41, 5.74) is 4.54. The number of aliphatic hydroxyl groups excluding tert-OH is 1. The molecular weight excluding hydrogens is 370 g/mol. The molecule has 30 heavy (non-hydrogen) atoms. The predicted octanol–water partition coefficient (Wildman–Crippen LogP) is 5.05. The van der Waals surface area contributed by atoms with Crippen molar-refractivity contribution in [1.29, 1.82) is 0 Å². The van der Waals surface area contributed by atoms with Gasteiger partial charge in [0.1, 0.15) is 12.1 Å². The van der Waals surface area contributed by atoms with Crippen molar-refractivity contribution in [2.75, 3.05) is 24.6 Å². The first-order valence-electron chi connectivity index (χ1n) is 11.0. The minimum atomic E-state index is -0.0582. The number of benzene rings is 2. The molecule has 0 spiro atoms. The van der Waals surface area contributed by atoms with Gasteiger partial charge in [-0.05, 0) is 44.6 Å². The van der Waals surface area contributed by atoms with E-state index in [2.05, 4.69) is 64.3 Å². The molecule has 1 N–H and O–H groups in total. The predicted molar refractivity (Wildman–Crippen MR) is 123 cm³/mol. The van der Waals surface area contributed by atoms with E-state index in [-0.39, 0.29) is 12.0 Å². The summed E-state index contributed by atoms with van der Waals surface area (Å²) < 4.78 is 0. The molecule has 156 valence electrons.